The molecule has 0 unspecified atom stereocenters. The van der Waals surface area contributed by atoms with Crippen LogP contribution >= 0.6 is 0 Å². The molecule has 0 aromatic carbocycles. The van der Waals surface area contributed by atoms with Gasteiger partial charge in [0, 0.05) is 6.54 Å². The number of carbonyl (C=O) groups excluding carboxylic acids is 1. The number of nitrogens with one attached hydrogen (secondary N) is 1. The molecule has 0 aromatic rings. The monoisotopic (exact) mass is 199 g/mol. The summed E-state index contributed by atoms with van der Waals surface area (Å²) in [5.41, 5.74) is -0.388. The lowest BCUT2D eigenvalue weighted by molar-refractivity contribution is 0.0527. The van der Waals surface area contributed by atoms with Crippen LogP contribution in [0.2, 0.25) is 0 Å². The maximum Gasteiger partial charge on any atom is 0.407 e. The van der Waals surface area contributed by atoms with Crippen molar-refractivity contribution in [1.82, 2.24) is 5.32 Å². The molecule has 0 radical (unpaired) electrons. The minimum absolute atomic E-state index is 0.298. The van der Waals surface area contributed by atoms with Gasteiger partial charge in [-0.25, -0.2) is 4.79 Å². The quantitative estimate of drug-likeness (QED) is 0.707. The molecule has 14 heavy (non-hydrogen) atoms. The summed E-state index contributed by atoms with van der Waals surface area (Å²) in [6.45, 7) is 6.36. The fourth-order valence-corrected chi connectivity index (χ4v) is 1.30. The fraction of sp³-hybridized carbons (Fsp3) is 0.909. The van der Waals surface area contributed by atoms with E-state index in [4.69, 9.17) is 4.74 Å². The molecule has 1 fully saturated rings. The molecule has 1 N–H and O–H groups in total. The fourth-order valence-electron chi connectivity index (χ4n) is 1.30. The Morgan fingerprint density at radius 2 is 2.07 bits per heavy atom. The average molecular weight is 199 g/mol. The number of amides is 1. The van der Waals surface area contributed by atoms with Crippen molar-refractivity contribution in [2.75, 3.05) is 6.54 Å². The van der Waals surface area contributed by atoms with E-state index in [9.17, 15) is 4.79 Å². The third kappa shape index (κ3) is 5.84. The SMILES string of the molecule is CC(C)(C)OC(=O)NCCCC1CC1. The summed E-state index contributed by atoms with van der Waals surface area (Å²) in [5.74, 6) is 0.940. The van der Waals surface area contributed by atoms with E-state index in [0.29, 0.717) is 0 Å². The molecule has 1 amide bonds. The highest BCUT2D eigenvalue weighted by atomic mass is 16.6. The van der Waals surface area contributed by atoms with Crippen LogP contribution in [0.15, 0.2) is 0 Å². The number of ether oxygens (including phenoxy) is 1. The predicted octanol–water partition coefficient (Wildman–Crippen LogP) is 2.70. The lowest BCUT2D eigenvalue weighted by Gasteiger charge is -2.19. The third-order valence-corrected chi connectivity index (χ3v) is 2.15. The van der Waals surface area contributed by atoms with E-state index >= 15 is 0 Å². The zero-order chi connectivity index (χ0) is 10.6. The molecule has 82 valence electrons. The topological polar surface area (TPSA) is 38.3 Å². The van der Waals surface area contributed by atoms with Crippen molar-refractivity contribution < 1.29 is 9.53 Å². The van der Waals surface area contributed by atoms with E-state index in [1.165, 1.54) is 19.3 Å². The smallest absolute Gasteiger partial charge is 0.407 e. The molecule has 1 saturated carbocycles. The summed E-state index contributed by atoms with van der Waals surface area (Å²) < 4.78 is 5.11. The van der Waals surface area contributed by atoms with E-state index < -0.39 is 0 Å². The van der Waals surface area contributed by atoms with E-state index in [0.717, 1.165) is 18.9 Å². The number of hydrogen-bond acceptors (Lipinski definition) is 2. The van der Waals surface area contributed by atoms with Crippen LogP contribution in [0.5, 0.6) is 0 Å². The van der Waals surface area contributed by atoms with Gasteiger partial charge < -0.3 is 10.1 Å². The summed E-state index contributed by atoms with van der Waals surface area (Å²) >= 11 is 0. The van der Waals surface area contributed by atoms with E-state index in [-0.39, 0.29) is 11.7 Å². The Bertz CT molecular complexity index is 192. The Morgan fingerprint density at radius 3 is 2.57 bits per heavy atom. The second kappa shape index (κ2) is 4.67. The van der Waals surface area contributed by atoms with Gasteiger partial charge in [0.25, 0.3) is 0 Å². The summed E-state index contributed by atoms with van der Waals surface area (Å²) in [5, 5.41) is 2.76. The second-order valence-corrected chi connectivity index (χ2v) is 5.01. The number of rotatable bonds is 4. The van der Waals surface area contributed by atoms with Crippen LogP contribution in [-0.4, -0.2) is 18.2 Å². The summed E-state index contributed by atoms with van der Waals surface area (Å²) in [4.78, 5) is 11.2. The molecular formula is C11H21NO2. The van der Waals surface area contributed by atoms with Gasteiger partial charge in [-0.15, -0.1) is 0 Å². The Labute approximate surface area is 86.2 Å². The highest BCUT2D eigenvalue weighted by molar-refractivity contribution is 5.67. The Balaban J connectivity index is 1.96. The zero-order valence-electron chi connectivity index (χ0n) is 9.43. The van der Waals surface area contributed by atoms with Gasteiger partial charge in [-0.2, -0.15) is 0 Å². The second-order valence-electron chi connectivity index (χ2n) is 5.01. The van der Waals surface area contributed by atoms with E-state index in [1.54, 1.807) is 0 Å². The molecule has 0 aromatic heterocycles. The highest BCUT2D eigenvalue weighted by Crippen LogP contribution is 2.33. The molecule has 0 spiro atoms. The van der Waals surface area contributed by atoms with Gasteiger partial charge in [-0.05, 0) is 39.5 Å². The minimum atomic E-state index is -0.388. The molecule has 0 heterocycles. The molecule has 0 atom stereocenters. The van der Waals surface area contributed by atoms with Gasteiger partial charge in [-0.1, -0.05) is 12.8 Å². The first-order valence-electron chi connectivity index (χ1n) is 5.44. The van der Waals surface area contributed by atoms with Gasteiger partial charge in [0.15, 0.2) is 0 Å². The van der Waals surface area contributed by atoms with Gasteiger partial charge in [0.2, 0.25) is 0 Å². The van der Waals surface area contributed by atoms with Crippen molar-refractivity contribution in [3.8, 4) is 0 Å². The van der Waals surface area contributed by atoms with Crippen LogP contribution < -0.4 is 5.32 Å². The lowest BCUT2D eigenvalue weighted by Crippen LogP contribution is -2.33. The summed E-state index contributed by atoms with van der Waals surface area (Å²) in [6.07, 6.45) is 4.78. The van der Waals surface area contributed by atoms with Crippen molar-refractivity contribution >= 4 is 6.09 Å². The van der Waals surface area contributed by atoms with Crippen molar-refractivity contribution in [1.29, 1.82) is 0 Å². The Hall–Kier alpha value is -0.730. The van der Waals surface area contributed by atoms with E-state index in [2.05, 4.69) is 5.32 Å². The van der Waals surface area contributed by atoms with Crippen molar-refractivity contribution in [3.63, 3.8) is 0 Å². The standard InChI is InChI=1S/C11H21NO2/c1-11(2,3)14-10(13)12-8-4-5-9-6-7-9/h9H,4-8H2,1-3H3,(H,12,13). The highest BCUT2D eigenvalue weighted by Gasteiger charge is 2.20. The number of carbonyl (C=O) groups is 1. The normalized spacial score (nSPS) is 16.5. The van der Waals surface area contributed by atoms with Gasteiger partial charge >= 0.3 is 6.09 Å². The molecule has 0 bridgehead atoms. The largest absolute Gasteiger partial charge is 0.444 e. The average Bonchev–Trinajstić information content (AvgIpc) is 2.77. The maximum atomic E-state index is 11.2. The molecule has 1 aliphatic carbocycles. The van der Waals surface area contributed by atoms with Gasteiger partial charge in [0.05, 0.1) is 0 Å². The third-order valence-electron chi connectivity index (χ3n) is 2.15. The van der Waals surface area contributed by atoms with Crippen LogP contribution in [0.25, 0.3) is 0 Å². The summed E-state index contributed by atoms with van der Waals surface area (Å²) in [6, 6.07) is 0. The zero-order valence-corrected chi connectivity index (χ0v) is 9.43. The van der Waals surface area contributed by atoms with Crippen LogP contribution in [0.4, 0.5) is 4.79 Å². The van der Waals surface area contributed by atoms with Crippen LogP contribution in [0.3, 0.4) is 0 Å². The van der Waals surface area contributed by atoms with Crippen molar-refractivity contribution in [2.45, 2.75) is 52.1 Å². The van der Waals surface area contributed by atoms with Crippen molar-refractivity contribution in [2.24, 2.45) is 5.92 Å². The van der Waals surface area contributed by atoms with E-state index in [1.807, 2.05) is 20.8 Å². The number of alkyl carbamates (subject to hydrolysis) is 1. The Kier molecular flexibility index (Phi) is 3.78. The molecule has 1 rings (SSSR count). The van der Waals surface area contributed by atoms with Gasteiger partial charge in [0.1, 0.15) is 5.60 Å². The molecule has 1 aliphatic rings. The molecule has 3 nitrogen and oxygen atoms in total. The molecule has 3 heteroatoms. The first kappa shape index (κ1) is 11.3. The molecule has 0 saturated heterocycles. The van der Waals surface area contributed by atoms with Crippen molar-refractivity contribution in [3.05, 3.63) is 0 Å². The lowest BCUT2D eigenvalue weighted by atomic mass is 10.2. The number of hydrogen-bond donors (Lipinski definition) is 1. The van der Waals surface area contributed by atoms with Crippen LogP contribution in [-0.2, 0) is 4.74 Å². The van der Waals surface area contributed by atoms with Crippen LogP contribution in [0.1, 0.15) is 46.5 Å². The van der Waals surface area contributed by atoms with Crippen LogP contribution in [0, 0.1) is 5.92 Å². The summed E-state index contributed by atoms with van der Waals surface area (Å²) in [7, 11) is 0. The van der Waals surface area contributed by atoms with Gasteiger partial charge in [-0.3, -0.25) is 0 Å². The first-order chi connectivity index (χ1) is 6.47. The minimum Gasteiger partial charge on any atom is -0.444 e. The predicted molar refractivity (Wildman–Crippen MR) is 56.2 cm³/mol. The molecule has 0 aliphatic heterocycles. The molecular weight excluding hydrogens is 178 g/mol. The maximum absolute atomic E-state index is 11.2. The Morgan fingerprint density at radius 1 is 1.43 bits per heavy atom. The first-order valence-corrected chi connectivity index (χ1v) is 5.44.